The third kappa shape index (κ3) is 3.65. The Morgan fingerprint density at radius 1 is 1.50 bits per heavy atom. The topological polar surface area (TPSA) is 29.9 Å². The van der Waals surface area contributed by atoms with Crippen molar-refractivity contribution >= 4 is 15.9 Å². The molecule has 0 saturated heterocycles. The van der Waals surface area contributed by atoms with E-state index in [4.69, 9.17) is 0 Å². The fourth-order valence-electron chi connectivity index (χ4n) is 1.72. The summed E-state index contributed by atoms with van der Waals surface area (Å²) in [5.41, 5.74) is 0.938. The predicted octanol–water partition coefficient (Wildman–Crippen LogP) is 2.96. The van der Waals surface area contributed by atoms with Gasteiger partial charge in [-0.25, -0.2) is 9.37 Å². The predicted molar refractivity (Wildman–Crippen MR) is 72.6 cm³/mol. The van der Waals surface area contributed by atoms with E-state index in [1.54, 1.807) is 24.7 Å². The molecule has 96 valence electrons. The molecular formula is C13H15BrFN3. The zero-order valence-corrected chi connectivity index (χ0v) is 11.7. The zero-order valence-electron chi connectivity index (χ0n) is 10.1. The maximum absolute atomic E-state index is 13.3. The molecule has 0 amide bonds. The Morgan fingerprint density at radius 2 is 2.33 bits per heavy atom. The van der Waals surface area contributed by atoms with E-state index in [-0.39, 0.29) is 5.82 Å². The van der Waals surface area contributed by atoms with Gasteiger partial charge in [0.25, 0.3) is 0 Å². The fraction of sp³-hybridized carbons (Fsp3) is 0.308. The highest BCUT2D eigenvalue weighted by Crippen LogP contribution is 2.16. The molecule has 1 aromatic carbocycles. The summed E-state index contributed by atoms with van der Waals surface area (Å²) in [5, 5.41) is 3.35. The lowest BCUT2D eigenvalue weighted by Gasteiger charge is -2.14. The van der Waals surface area contributed by atoms with Crippen LogP contribution >= 0.6 is 15.9 Å². The van der Waals surface area contributed by atoms with Crippen LogP contribution in [-0.2, 0) is 13.1 Å². The maximum atomic E-state index is 13.3. The van der Waals surface area contributed by atoms with Gasteiger partial charge < -0.3 is 9.88 Å². The molecule has 0 radical (unpaired) electrons. The lowest BCUT2D eigenvalue weighted by molar-refractivity contribution is 0.475. The van der Waals surface area contributed by atoms with Crippen LogP contribution in [0, 0.1) is 5.82 Å². The summed E-state index contributed by atoms with van der Waals surface area (Å²) in [6.45, 7) is 3.59. The lowest BCUT2D eigenvalue weighted by atomic mass is 10.2. The minimum absolute atomic E-state index is 0.225. The third-order valence-corrected chi connectivity index (χ3v) is 3.33. The van der Waals surface area contributed by atoms with E-state index in [0.29, 0.717) is 17.1 Å². The summed E-state index contributed by atoms with van der Waals surface area (Å²) in [6.07, 6.45) is 5.48. The second kappa shape index (κ2) is 6.11. The van der Waals surface area contributed by atoms with Crippen molar-refractivity contribution in [1.82, 2.24) is 14.9 Å². The van der Waals surface area contributed by atoms with Gasteiger partial charge >= 0.3 is 0 Å². The highest BCUT2D eigenvalue weighted by molar-refractivity contribution is 9.10. The van der Waals surface area contributed by atoms with Crippen LogP contribution in [0.1, 0.15) is 12.5 Å². The van der Waals surface area contributed by atoms with Crippen LogP contribution in [0.15, 0.2) is 41.4 Å². The van der Waals surface area contributed by atoms with Crippen molar-refractivity contribution in [2.45, 2.75) is 26.1 Å². The number of halogens is 2. The SMILES string of the molecule is CC(Cn1ccnc1)NCc1ccc(Br)c(F)c1. The average Bonchev–Trinajstić information content (AvgIpc) is 2.83. The van der Waals surface area contributed by atoms with Crippen LogP contribution < -0.4 is 5.32 Å². The molecule has 1 unspecified atom stereocenters. The molecule has 0 bridgehead atoms. The summed E-state index contributed by atoms with van der Waals surface area (Å²) in [4.78, 5) is 4.00. The van der Waals surface area contributed by atoms with Gasteiger partial charge in [0, 0.05) is 31.5 Å². The van der Waals surface area contributed by atoms with E-state index >= 15 is 0 Å². The van der Waals surface area contributed by atoms with E-state index in [0.717, 1.165) is 12.1 Å². The molecule has 1 N–H and O–H groups in total. The van der Waals surface area contributed by atoms with Crippen molar-refractivity contribution in [3.05, 3.63) is 52.8 Å². The van der Waals surface area contributed by atoms with Gasteiger partial charge in [0.2, 0.25) is 0 Å². The van der Waals surface area contributed by atoms with Gasteiger partial charge in [0.15, 0.2) is 0 Å². The van der Waals surface area contributed by atoms with Gasteiger partial charge in [0.05, 0.1) is 10.8 Å². The molecule has 18 heavy (non-hydrogen) atoms. The molecule has 3 nitrogen and oxygen atoms in total. The molecule has 1 atom stereocenters. The van der Waals surface area contributed by atoms with E-state index < -0.39 is 0 Å². The van der Waals surface area contributed by atoms with E-state index in [1.807, 2.05) is 16.8 Å². The number of nitrogens with zero attached hydrogens (tertiary/aromatic N) is 2. The van der Waals surface area contributed by atoms with E-state index in [2.05, 4.69) is 33.2 Å². The number of aromatic nitrogens is 2. The van der Waals surface area contributed by atoms with Crippen molar-refractivity contribution in [1.29, 1.82) is 0 Å². The van der Waals surface area contributed by atoms with Crippen molar-refractivity contribution in [2.75, 3.05) is 0 Å². The first-order chi connectivity index (χ1) is 8.65. The molecular weight excluding hydrogens is 297 g/mol. The van der Waals surface area contributed by atoms with Crippen molar-refractivity contribution in [2.24, 2.45) is 0 Å². The van der Waals surface area contributed by atoms with Gasteiger partial charge in [-0.15, -0.1) is 0 Å². The first kappa shape index (κ1) is 13.2. The van der Waals surface area contributed by atoms with Crippen LogP contribution in [0.2, 0.25) is 0 Å². The maximum Gasteiger partial charge on any atom is 0.137 e. The van der Waals surface area contributed by atoms with Gasteiger partial charge in [-0.3, -0.25) is 0 Å². The third-order valence-electron chi connectivity index (χ3n) is 2.68. The van der Waals surface area contributed by atoms with Gasteiger partial charge in [0.1, 0.15) is 5.82 Å². The van der Waals surface area contributed by atoms with Gasteiger partial charge in [-0.2, -0.15) is 0 Å². The van der Waals surface area contributed by atoms with E-state index in [1.165, 1.54) is 0 Å². The first-order valence-electron chi connectivity index (χ1n) is 5.78. The Balaban J connectivity index is 1.85. The number of benzene rings is 1. The first-order valence-corrected chi connectivity index (χ1v) is 6.57. The number of rotatable bonds is 5. The molecule has 0 aliphatic carbocycles. The molecule has 0 aliphatic heterocycles. The summed E-state index contributed by atoms with van der Waals surface area (Å²) in [7, 11) is 0. The van der Waals surface area contributed by atoms with Crippen molar-refractivity contribution in [3.63, 3.8) is 0 Å². The standard InChI is InChI=1S/C13H15BrFN3/c1-10(8-18-5-4-16-9-18)17-7-11-2-3-12(14)13(15)6-11/h2-6,9-10,17H,7-8H2,1H3. The summed E-state index contributed by atoms with van der Waals surface area (Å²) < 4.78 is 15.8. The minimum Gasteiger partial charge on any atom is -0.336 e. The Kier molecular flexibility index (Phi) is 4.49. The molecule has 0 saturated carbocycles. The molecule has 1 heterocycles. The lowest BCUT2D eigenvalue weighted by Crippen LogP contribution is -2.29. The van der Waals surface area contributed by atoms with Crippen molar-refractivity contribution in [3.8, 4) is 0 Å². The fourth-order valence-corrected chi connectivity index (χ4v) is 1.96. The number of hydrogen-bond acceptors (Lipinski definition) is 2. The normalized spacial score (nSPS) is 12.6. The van der Waals surface area contributed by atoms with Crippen LogP contribution in [0.3, 0.4) is 0 Å². The number of imidazole rings is 1. The highest BCUT2D eigenvalue weighted by Gasteiger charge is 2.04. The Labute approximate surface area is 114 Å². The minimum atomic E-state index is -0.225. The average molecular weight is 312 g/mol. The molecule has 0 aliphatic rings. The Hall–Kier alpha value is -1.20. The Morgan fingerprint density at radius 3 is 3.00 bits per heavy atom. The molecule has 1 aromatic heterocycles. The van der Waals surface area contributed by atoms with E-state index in [9.17, 15) is 4.39 Å². The second-order valence-electron chi connectivity index (χ2n) is 4.29. The smallest absolute Gasteiger partial charge is 0.137 e. The quantitative estimate of drug-likeness (QED) is 0.920. The molecule has 2 rings (SSSR count). The van der Waals surface area contributed by atoms with Crippen LogP contribution in [0.5, 0.6) is 0 Å². The van der Waals surface area contributed by atoms with Crippen LogP contribution in [0.4, 0.5) is 4.39 Å². The summed E-state index contributed by atoms with van der Waals surface area (Å²) >= 11 is 3.14. The van der Waals surface area contributed by atoms with Gasteiger partial charge in [-0.1, -0.05) is 6.07 Å². The molecule has 2 aromatic rings. The Bertz CT molecular complexity index is 499. The number of nitrogens with one attached hydrogen (secondary N) is 1. The second-order valence-corrected chi connectivity index (χ2v) is 5.14. The molecule has 0 fully saturated rings. The van der Waals surface area contributed by atoms with Crippen molar-refractivity contribution < 1.29 is 4.39 Å². The monoisotopic (exact) mass is 311 g/mol. The summed E-state index contributed by atoms with van der Waals surface area (Å²) in [5.74, 6) is -0.225. The molecule has 0 spiro atoms. The molecule has 5 heteroatoms. The number of hydrogen-bond donors (Lipinski definition) is 1. The van der Waals surface area contributed by atoms with Crippen LogP contribution in [-0.4, -0.2) is 15.6 Å². The highest BCUT2D eigenvalue weighted by atomic mass is 79.9. The summed E-state index contributed by atoms with van der Waals surface area (Å²) in [6, 6.07) is 5.48. The van der Waals surface area contributed by atoms with Gasteiger partial charge in [-0.05, 0) is 40.5 Å². The largest absolute Gasteiger partial charge is 0.336 e. The zero-order chi connectivity index (χ0) is 13.0. The van der Waals surface area contributed by atoms with Crippen LogP contribution in [0.25, 0.3) is 0 Å².